The van der Waals surface area contributed by atoms with Crippen molar-refractivity contribution in [3.05, 3.63) is 0 Å². The van der Waals surface area contributed by atoms with Gasteiger partial charge in [0.05, 0.1) is 0 Å². The fourth-order valence-electron chi connectivity index (χ4n) is 2.59. The molecule has 0 saturated heterocycles. The van der Waals surface area contributed by atoms with Crippen molar-refractivity contribution >= 4 is 11.8 Å². The van der Waals surface area contributed by atoms with Crippen molar-refractivity contribution in [3.63, 3.8) is 0 Å². The molecule has 2 aliphatic carbocycles. The maximum absolute atomic E-state index is 11.3. The fraction of sp³-hybridized carbons (Fsp3) is 0.895. The minimum atomic E-state index is -1.04. The average molecular weight is 372 g/mol. The van der Waals surface area contributed by atoms with E-state index in [0.717, 1.165) is 44.9 Å². The van der Waals surface area contributed by atoms with E-state index in [1.54, 1.807) is 0 Å². The first-order valence-corrected chi connectivity index (χ1v) is 10.0. The molecular weight excluding hydrogens is 334 g/mol. The van der Waals surface area contributed by atoms with Crippen LogP contribution in [0.5, 0.6) is 0 Å². The molecule has 0 bridgehead atoms. The van der Waals surface area contributed by atoms with Gasteiger partial charge in [0, 0.05) is 18.1 Å². The number of aliphatic hydroxyl groups is 2. The summed E-state index contributed by atoms with van der Waals surface area (Å²) < 4.78 is 0. The smallest absolute Gasteiger partial charge is 0.250 e. The van der Waals surface area contributed by atoms with Crippen LogP contribution in [-0.4, -0.2) is 52.4 Å². The lowest BCUT2D eigenvalue weighted by atomic mass is 9.99. The first-order chi connectivity index (χ1) is 12.3. The standard InChI is InChI=1S/C10H19NO2.C9H18N2O2/c1-3-4-7(2)9(12)10(13)11-8-5-6-8;1-2-3-7(10)8(12)9(13)11-6-4-5-6/h7-9,12H,3-6H2,1-2H3,(H,11,13);6-8,12H,2-5,10H2,1H3,(H,11,13)/t7-,9-;/m0./s1. The van der Waals surface area contributed by atoms with E-state index >= 15 is 0 Å². The van der Waals surface area contributed by atoms with Crippen molar-refractivity contribution in [3.8, 4) is 0 Å². The van der Waals surface area contributed by atoms with Crippen LogP contribution in [0.25, 0.3) is 0 Å². The highest BCUT2D eigenvalue weighted by molar-refractivity contribution is 5.82. The number of rotatable bonds is 10. The van der Waals surface area contributed by atoms with Crippen LogP contribution in [0.3, 0.4) is 0 Å². The Morgan fingerprint density at radius 1 is 0.923 bits per heavy atom. The molecule has 6 N–H and O–H groups in total. The third-order valence-corrected chi connectivity index (χ3v) is 4.70. The number of nitrogens with two attached hydrogens (primary N) is 1. The van der Waals surface area contributed by atoms with Gasteiger partial charge in [0.25, 0.3) is 5.91 Å². The topological polar surface area (TPSA) is 125 Å². The van der Waals surface area contributed by atoms with Crippen molar-refractivity contribution in [1.29, 1.82) is 0 Å². The molecule has 0 aromatic rings. The Labute approximate surface area is 157 Å². The quantitative estimate of drug-likeness (QED) is 0.389. The summed E-state index contributed by atoms with van der Waals surface area (Å²) >= 11 is 0. The molecule has 2 rings (SSSR count). The second kappa shape index (κ2) is 11.5. The predicted molar refractivity (Wildman–Crippen MR) is 101 cm³/mol. The summed E-state index contributed by atoms with van der Waals surface area (Å²) in [5, 5.41) is 24.6. The van der Waals surface area contributed by atoms with E-state index < -0.39 is 18.2 Å². The van der Waals surface area contributed by atoms with Gasteiger partial charge in [0.1, 0.15) is 12.2 Å². The Bertz CT molecular complexity index is 399. The lowest BCUT2D eigenvalue weighted by molar-refractivity contribution is -0.132. The fourth-order valence-corrected chi connectivity index (χ4v) is 2.59. The summed E-state index contributed by atoms with van der Waals surface area (Å²) in [4.78, 5) is 22.6. The van der Waals surface area contributed by atoms with Gasteiger partial charge in [-0.2, -0.15) is 0 Å². The molecule has 0 aromatic heterocycles. The Kier molecular flexibility index (Phi) is 10.1. The van der Waals surface area contributed by atoms with E-state index in [1.165, 1.54) is 0 Å². The molecule has 2 unspecified atom stereocenters. The Morgan fingerprint density at radius 2 is 1.35 bits per heavy atom. The van der Waals surface area contributed by atoms with E-state index in [9.17, 15) is 19.8 Å². The third-order valence-electron chi connectivity index (χ3n) is 4.70. The van der Waals surface area contributed by atoms with Gasteiger partial charge in [-0.25, -0.2) is 0 Å². The number of aliphatic hydroxyl groups excluding tert-OH is 2. The molecule has 0 aliphatic heterocycles. The van der Waals surface area contributed by atoms with Crippen molar-refractivity contribution in [2.75, 3.05) is 0 Å². The Morgan fingerprint density at radius 3 is 1.73 bits per heavy atom. The first kappa shape index (κ1) is 22.9. The monoisotopic (exact) mass is 371 g/mol. The molecule has 2 saturated carbocycles. The number of nitrogens with one attached hydrogen (secondary N) is 2. The highest BCUT2D eigenvalue weighted by Crippen LogP contribution is 2.20. The number of amides is 2. The molecule has 2 aliphatic rings. The minimum Gasteiger partial charge on any atom is -0.383 e. The molecule has 0 spiro atoms. The van der Waals surface area contributed by atoms with Gasteiger partial charge in [-0.15, -0.1) is 0 Å². The van der Waals surface area contributed by atoms with Gasteiger partial charge in [-0.05, 0) is 44.4 Å². The van der Waals surface area contributed by atoms with Crippen molar-refractivity contribution in [2.24, 2.45) is 11.7 Å². The summed E-state index contributed by atoms with van der Waals surface area (Å²) in [6, 6.07) is 0.204. The van der Waals surface area contributed by atoms with Gasteiger partial charge in [-0.1, -0.05) is 33.6 Å². The van der Waals surface area contributed by atoms with Crippen LogP contribution in [0.1, 0.15) is 72.1 Å². The maximum atomic E-state index is 11.3. The molecule has 26 heavy (non-hydrogen) atoms. The maximum Gasteiger partial charge on any atom is 0.250 e. The molecular formula is C19H37N3O4. The summed E-state index contributed by atoms with van der Waals surface area (Å²) in [5.74, 6) is -0.435. The van der Waals surface area contributed by atoms with E-state index in [0.29, 0.717) is 12.5 Å². The molecule has 2 amide bonds. The third kappa shape index (κ3) is 8.96. The van der Waals surface area contributed by atoms with E-state index in [2.05, 4.69) is 17.6 Å². The number of carbonyl (C=O) groups excluding carboxylic acids is 2. The summed E-state index contributed by atoms with van der Waals surface area (Å²) in [6.07, 6.45) is 5.81. The number of hydrogen-bond acceptors (Lipinski definition) is 5. The summed E-state index contributed by atoms with van der Waals surface area (Å²) in [7, 11) is 0. The predicted octanol–water partition coefficient (Wildman–Crippen LogP) is 0.815. The molecule has 0 heterocycles. The second-order valence-corrected chi connectivity index (χ2v) is 7.67. The van der Waals surface area contributed by atoms with Crippen LogP contribution in [0.2, 0.25) is 0 Å². The zero-order valence-electron chi connectivity index (χ0n) is 16.4. The lowest BCUT2D eigenvalue weighted by Gasteiger charge is -2.17. The van der Waals surface area contributed by atoms with Crippen molar-refractivity contribution in [2.45, 2.75) is 102 Å². The van der Waals surface area contributed by atoms with E-state index in [1.807, 2.05) is 13.8 Å². The van der Waals surface area contributed by atoms with Crippen molar-refractivity contribution in [1.82, 2.24) is 10.6 Å². The first-order valence-electron chi connectivity index (χ1n) is 10.0. The highest BCUT2D eigenvalue weighted by Gasteiger charge is 2.29. The van der Waals surface area contributed by atoms with E-state index in [4.69, 9.17) is 5.73 Å². The second-order valence-electron chi connectivity index (χ2n) is 7.67. The van der Waals surface area contributed by atoms with Crippen LogP contribution < -0.4 is 16.4 Å². The molecule has 7 nitrogen and oxygen atoms in total. The normalized spacial score (nSPS) is 20.8. The van der Waals surface area contributed by atoms with Gasteiger partial charge in [-0.3, -0.25) is 9.59 Å². The largest absolute Gasteiger partial charge is 0.383 e. The number of hydrogen-bond donors (Lipinski definition) is 5. The minimum absolute atomic E-state index is 0.0729. The van der Waals surface area contributed by atoms with Crippen LogP contribution in [0, 0.1) is 5.92 Å². The Balaban J connectivity index is 0.000000260. The molecule has 7 heteroatoms. The van der Waals surface area contributed by atoms with E-state index in [-0.39, 0.29) is 23.8 Å². The molecule has 4 atom stereocenters. The molecule has 0 aromatic carbocycles. The molecule has 152 valence electrons. The van der Waals surface area contributed by atoms with Gasteiger partial charge in [0.15, 0.2) is 0 Å². The highest BCUT2D eigenvalue weighted by atomic mass is 16.3. The van der Waals surface area contributed by atoms with Crippen LogP contribution in [-0.2, 0) is 9.59 Å². The zero-order chi connectivity index (χ0) is 19.7. The van der Waals surface area contributed by atoms with Crippen LogP contribution in [0.15, 0.2) is 0 Å². The summed E-state index contributed by atoms with van der Waals surface area (Å²) in [6.45, 7) is 5.95. The SMILES string of the molecule is CCCC(N)C(O)C(=O)NC1CC1.CCC[C@H](C)[C@H](O)C(=O)NC1CC1. The van der Waals surface area contributed by atoms with Crippen LogP contribution >= 0.6 is 0 Å². The lowest BCUT2D eigenvalue weighted by Crippen LogP contribution is -2.46. The van der Waals surface area contributed by atoms with Crippen LogP contribution in [0.4, 0.5) is 0 Å². The van der Waals surface area contributed by atoms with Gasteiger partial charge >= 0.3 is 0 Å². The van der Waals surface area contributed by atoms with Crippen molar-refractivity contribution < 1.29 is 19.8 Å². The molecule has 0 radical (unpaired) electrons. The Hall–Kier alpha value is -1.18. The van der Waals surface area contributed by atoms with Gasteiger partial charge < -0.3 is 26.6 Å². The van der Waals surface area contributed by atoms with Gasteiger partial charge in [0.2, 0.25) is 5.91 Å². The molecule has 2 fully saturated rings. The summed E-state index contributed by atoms with van der Waals surface area (Å²) in [5.41, 5.74) is 5.61. The zero-order valence-corrected chi connectivity index (χ0v) is 16.4. The number of carbonyl (C=O) groups is 2. The average Bonchev–Trinajstić information content (AvgIpc) is 3.51.